The highest BCUT2D eigenvalue weighted by Gasteiger charge is 2.15. The predicted octanol–water partition coefficient (Wildman–Crippen LogP) is 3.80. The van der Waals surface area contributed by atoms with Gasteiger partial charge in [0.05, 0.1) is 6.61 Å². The van der Waals surface area contributed by atoms with Gasteiger partial charge in [-0.1, -0.05) is 31.7 Å². The minimum atomic E-state index is -0.268. The summed E-state index contributed by atoms with van der Waals surface area (Å²) in [5.74, 6) is 1.12. The van der Waals surface area contributed by atoms with E-state index in [0.717, 1.165) is 17.9 Å². The molecule has 0 amide bonds. The average Bonchev–Trinajstić information content (AvgIpc) is 2.82. The lowest BCUT2D eigenvalue weighted by molar-refractivity contribution is 0.274. The molecule has 2 rings (SSSR count). The summed E-state index contributed by atoms with van der Waals surface area (Å²) >= 11 is 0. The van der Waals surface area contributed by atoms with Crippen LogP contribution < -0.4 is 10.5 Å². The van der Waals surface area contributed by atoms with E-state index >= 15 is 0 Å². The average molecular weight is 251 g/mol. The molecule has 18 heavy (non-hydrogen) atoms. The number of halogens is 1. The van der Waals surface area contributed by atoms with Crippen molar-refractivity contribution in [3.63, 3.8) is 0 Å². The highest BCUT2D eigenvalue weighted by molar-refractivity contribution is 5.36. The minimum absolute atomic E-state index is 0.132. The second-order valence-electron chi connectivity index (χ2n) is 5.26. The summed E-state index contributed by atoms with van der Waals surface area (Å²) in [7, 11) is 0. The quantitative estimate of drug-likeness (QED) is 0.863. The van der Waals surface area contributed by atoms with Crippen molar-refractivity contribution in [1.82, 2.24) is 0 Å². The van der Waals surface area contributed by atoms with Gasteiger partial charge >= 0.3 is 0 Å². The Kier molecular flexibility index (Phi) is 4.59. The molecule has 2 nitrogen and oxygen atoms in total. The van der Waals surface area contributed by atoms with Gasteiger partial charge in [-0.25, -0.2) is 4.39 Å². The van der Waals surface area contributed by atoms with Crippen LogP contribution in [-0.2, 0) is 0 Å². The first-order valence-corrected chi connectivity index (χ1v) is 6.84. The summed E-state index contributed by atoms with van der Waals surface area (Å²) in [6, 6.07) is 4.45. The second-order valence-corrected chi connectivity index (χ2v) is 5.26. The number of rotatable bonds is 5. The molecular weight excluding hydrogens is 229 g/mol. The van der Waals surface area contributed by atoms with E-state index < -0.39 is 0 Å². The van der Waals surface area contributed by atoms with E-state index in [1.54, 1.807) is 6.07 Å². The van der Waals surface area contributed by atoms with Crippen molar-refractivity contribution in [2.45, 2.75) is 45.1 Å². The van der Waals surface area contributed by atoms with Crippen molar-refractivity contribution in [2.24, 2.45) is 11.7 Å². The van der Waals surface area contributed by atoms with Gasteiger partial charge < -0.3 is 10.5 Å². The summed E-state index contributed by atoms with van der Waals surface area (Å²) in [6.45, 7) is 2.55. The van der Waals surface area contributed by atoms with Crippen LogP contribution >= 0.6 is 0 Å². The Morgan fingerprint density at radius 2 is 2.11 bits per heavy atom. The van der Waals surface area contributed by atoms with Gasteiger partial charge in [0, 0.05) is 17.7 Å². The lowest BCUT2D eigenvalue weighted by Crippen LogP contribution is -2.10. The lowest BCUT2D eigenvalue weighted by Gasteiger charge is -2.15. The van der Waals surface area contributed by atoms with Gasteiger partial charge in [-0.3, -0.25) is 0 Å². The number of hydrogen-bond donors (Lipinski definition) is 1. The molecule has 3 heteroatoms. The van der Waals surface area contributed by atoms with Crippen molar-refractivity contribution in [1.29, 1.82) is 0 Å². The van der Waals surface area contributed by atoms with Gasteiger partial charge in [-0.2, -0.15) is 0 Å². The number of hydrogen-bond acceptors (Lipinski definition) is 2. The third kappa shape index (κ3) is 3.45. The van der Waals surface area contributed by atoms with E-state index in [2.05, 4.69) is 0 Å². The van der Waals surface area contributed by atoms with Crippen LogP contribution in [0, 0.1) is 11.7 Å². The van der Waals surface area contributed by atoms with E-state index in [-0.39, 0.29) is 11.9 Å². The van der Waals surface area contributed by atoms with Gasteiger partial charge in [0.1, 0.15) is 11.6 Å². The van der Waals surface area contributed by atoms with Crippen LogP contribution in [0.2, 0.25) is 0 Å². The fourth-order valence-electron chi connectivity index (χ4n) is 2.64. The monoisotopic (exact) mass is 251 g/mol. The molecule has 0 saturated heterocycles. The summed E-state index contributed by atoms with van der Waals surface area (Å²) < 4.78 is 18.9. The van der Waals surface area contributed by atoms with Gasteiger partial charge in [0.2, 0.25) is 0 Å². The third-order valence-corrected chi connectivity index (χ3v) is 3.72. The van der Waals surface area contributed by atoms with Crippen LogP contribution in [0.25, 0.3) is 0 Å². The zero-order valence-corrected chi connectivity index (χ0v) is 11.0. The van der Waals surface area contributed by atoms with E-state index in [0.29, 0.717) is 12.4 Å². The summed E-state index contributed by atoms with van der Waals surface area (Å²) in [4.78, 5) is 0. The molecule has 1 aromatic rings. The molecule has 1 saturated carbocycles. The van der Waals surface area contributed by atoms with Gasteiger partial charge in [0.25, 0.3) is 0 Å². The van der Waals surface area contributed by atoms with Crippen molar-refractivity contribution in [3.8, 4) is 5.75 Å². The molecule has 0 radical (unpaired) electrons. The smallest absolute Gasteiger partial charge is 0.126 e. The van der Waals surface area contributed by atoms with Crippen LogP contribution in [0.15, 0.2) is 18.2 Å². The van der Waals surface area contributed by atoms with Gasteiger partial charge in [-0.15, -0.1) is 0 Å². The Bertz CT molecular complexity index is 386. The largest absolute Gasteiger partial charge is 0.493 e. The highest BCUT2D eigenvalue weighted by atomic mass is 19.1. The van der Waals surface area contributed by atoms with Gasteiger partial charge in [0.15, 0.2) is 0 Å². The Morgan fingerprint density at radius 3 is 2.78 bits per heavy atom. The van der Waals surface area contributed by atoms with Crippen molar-refractivity contribution >= 4 is 0 Å². The van der Waals surface area contributed by atoms with Crippen molar-refractivity contribution in [2.75, 3.05) is 6.61 Å². The van der Waals surface area contributed by atoms with E-state index in [1.165, 1.54) is 37.8 Å². The van der Waals surface area contributed by atoms with Crippen LogP contribution in [0.1, 0.15) is 50.6 Å². The molecule has 1 aromatic carbocycles. The zero-order chi connectivity index (χ0) is 13.0. The minimum Gasteiger partial charge on any atom is -0.493 e. The Hall–Kier alpha value is -1.09. The summed E-state index contributed by atoms with van der Waals surface area (Å²) in [5, 5.41) is 0. The SMILES string of the molecule is C[C@@H](N)c1ccc(F)cc1OCCC1CCCC1. The van der Waals surface area contributed by atoms with Crippen molar-refractivity contribution < 1.29 is 9.13 Å². The third-order valence-electron chi connectivity index (χ3n) is 3.72. The van der Waals surface area contributed by atoms with Gasteiger partial charge in [-0.05, 0) is 25.3 Å². The molecule has 1 atom stereocenters. The maximum atomic E-state index is 13.2. The Balaban J connectivity index is 1.92. The first-order valence-electron chi connectivity index (χ1n) is 6.84. The summed E-state index contributed by atoms with van der Waals surface area (Å²) in [5.41, 5.74) is 6.73. The van der Waals surface area contributed by atoms with E-state index in [9.17, 15) is 4.39 Å². The standard InChI is InChI=1S/C15H22FNO/c1-11(17)14-7-6-13(16)10-15(14)18-9-8-12-4-2-3-5-12/h6-7,10-12H,2-5,8-9,17H2,1H3/t11-/m1/s1. The summed E-state index contributed by atoms with van der Waals surface area (Å²) in [6.07, 6.45) is 6.37. The molecule has 0 spiro atoms. The highest BCUT2D eigenvalue weighted by Crippen LogP contribution is 2.29. The molecule has 1 aliphatic carbocycles. The molecule has 0 aromatic heterocycles. The Morgan fingerprint density at radius 1 is 1.39 bits per heavy atom. The molecule has 1 aliphatic rings. The predicted molar refractivity (Wildman–Crippen MR) is 71.1 cm³/mol. The molecule has 0 aliphatic heterocycles. The van der Waals surface area contributed by atoms with E-state index in [4.69, 9.17) is 10.5 Å². The molecular formula is C15H22FNO. The second kappa shape index (κ2) is 6.19. The van der Waals surface area contributed by atoms with E-state index in [1.807, 2.05) is 6.92 Å². The topological polar surface area (TPSA) is 35.2 Å². The fourth-order valence-corrected chi connectivity index (χ4v) is 2.64. The molecule has 2 N–H and O–H groups in total. The molecule has 100 valence electrons. The normalized spacial score (nSPS) is 17.9. The zero-order valence-electron chi connectivity index (χ0n) is 11.0. The van der Waals surface area contributed by atoms with Crippen LogP contribution in [0.5, 0.6) is 5.75 Å². The molecule has 0 bridgehead atoms. The number of benzene rings is 1. The molecule has 0 unspecified atom stereocenters. The Labute approximate surface area is 108 Å². The van der Waals surface area contributed by atoms with Crippen LogP contribution in [-0.4, -0.2) is 6.61 Å². The molecule has 1 fully saturated rings. The van der Waals surface area contributed by atoms with Crippen LogP contribution in [0.4, 0.5) is 4.39 Å². The molecule has 0 heterocycles. The number of ether oxygens (including phenoxy) is 1. The maximum Gasteiger partial charge on any atom is 0.126 e. The lowest BCUT2D eigenvalue weighted by atomic mass is 10.0. The van der Waals surface area contributed by atoms with Crippen LogP contribution in [0.3, 0.4) is 0 Å². The maximum absolute atomic E-state index is 13.2. The first-order chi connectivity index (χ1) is 8.66. The fraction of sp³-hybridized carbons (Fsp3) is 0.600. The first kappa shape index (κ1) is 13.3. The van der Waals surface area contributed by atoms with Crippen molar-refractivity contribution in [3.05, 3.63) is 29.6 Å². The number of nitrogens with two attached hydrogens (primary N) is 1.